The third kappa shape index (κ3) is 0.792. The Balaban J connectivity index is 1.96. The van der Waals surface area contributed by atoms with Gasteiger partial charge < -0.3 is 4.90 Å². The molecule has 3 rings (SSSR count). The Kier molecular flexibility index (Phi) is 1.47. The van der Waals surface area contributed by atoms with Gasteiger partial charge in [0.1, 0.15) is 6.04 Å². The zero-order valence-corrected chi connectivity index (χ0v) is 8.27. The summed E-state index contributed by atoms with van der Waals surface area (Å²) in [6.45, 7) is 0.810. The van der Waals surface area contributed by atoms with E-state index >= 15 is 0 Å². The number of hydrogen-bond donors (Lipinski definition) is 0. The number of likely N-dealkylation sites (N-methyl/N-ethyl adjacent to an activating group) is 1. The van der Waals surface area contributed by atoms with Crippen molar-refractivity contribution in [2.45, 2.75) is 25.3 Å². The third-order valence-corrected chi connectivity index (χ3v) is 4.01. The summed E-state index contributed by atoms with van der Waals surface area (Å²) in [5.41, 5.74) is 0. The van der Waals surface area contributed by atoms with Crippen LogP contribution in [0.1, 0.15) is 19.3 Å². The first-order chi connectivity index (χ1) is 6.70. The molecule has 0 aromatic heterocycles. The van der Waals surface area contributed by atoms with Gasteiger partial charge in [0.05, 0.1) is 0 Å². The monoisotopic (exact) mass is 194 g/mol. The first-order valence-electron chi connectivity index (χ1n) is 5.28. The summed E-state index contributed by atoms with van der Waals surface area (Å²) in [5.74, 6) is 1.07. The SMILES string of the molecule is CN1C(=O)C2C3CCCC3CN2C1=O. The van der Waals surface area contributed by atoms with E-state index in [0.29, 0.717) is 11.8 Å². The van der Waals surface area contributed by atoms with Crippen LogP contribution in [0.4, 0.5) is 4.79 Å². The lowest BCUT2D eigenvalue weighted by Crippen LogP contribution is -2.32. The minimum atomic E-state index is -0.111. The topological polar surface area (TPSA) is 40.6 Å². The van der Waals surface area contributed by atoms with Crippen LogP contribution >= 0.6 is 0 Å². The quantitative estimate of drug-likeness (QED) is 0.532. The number of nitrogens with zero attached hydrogens (tertiary/aromatic N) is 2. The highest BCUT2D eigenvalue weighted by atomic mass is 16.2. The summed E-state index contributed by atoms with van der Waals surface area (Å²) >= 11 is 0. The Morgan fingerprint density at radius 1 is 1.29 bits per heavy atom. The molecule has 3 unspecified atom stereocenters. The minimum absolute atomic E-state index is 0.0180. The van der Waals surface area contributed by atoms with Gasteiger partial charge in [0.2, 0.25) is 0 Å². The lowest BCUT2D eigenvalue weighted by atomic mass is 9.94. The molecule has 0 spiro atoms. The van der Waals surface area contributed by atoms with E-state index in [4.69, 9.17) is 0 Å². The normalized spacial score (nSPS) is 40.8. The second-order valence-electron chi connectivity index (χ2n) is 4.63. The van der Waals surface area contributed by atoms with Crippen LogP contribution in [0.25, 0.3) is 0 Å². The van der Waals surface area contributed by atoms with Gasteiger partial charge in [-0.3, -0.25) is 9.69 Å². The second-order valence-corrected chi connectivity index (χ2v) is 4.63. The van der Waals surface area contributed by atoms with Gasteiger partial charge in [0.25, 0.3) is 5.91 Å². The number of amides is 3. The smallest absolute Gasteiger partial charge is 0.312 e. The molecular weight excluding hydrogens is 180 g/mol. The van der Waals surface area contributed by atoms with Gasteiger partial charge in [-0.2, -0.15) is 0 Å². The van der Waals surface area contributed by atoms with Crippen molar-refractivity contribution in [2.24, 2.45) is 11.8 Å². The number of urea groups is 1. The molecule has 2 saturated heterocycles. The summed E-state index contributed by atoms with van der Waals surface area (Å²) in [4.78, 5) is 26.5. The Labute approximate surface area is 82.8 Å². The standard InChI is InChI=1S/C10H14N2O2/c1-11-9(13)8-7-4-2-3-6(7)5-12(8)10(11)14/h6-8H,2-5H2,1H3. The van der Waals surface area contributed by atoms with Crippen molar-refractivity contribution in [2.75, 3.05) is 13.6 Å². The van der Waals surface area contributed by atoms with Crippen LogP contribution < -0.4 is 0 Å². The Bertz CT molecular complexity index is 315. The van der Waals surface area contributed by atoms with E-state index in [1.54, 1.807) is 11.9 Å². The average molecular weight is 194 g/mol. The van der Waals surface area contributed by atoms with Gasteiger partial charge in [-0.05, 0) is 24.7 Å². The molecule has 14 heavy (non-hydrogen) atoms. The molecule has 0 N–H and O–H groups in total. The van der Waals surface area contributed by atoms with Crippen LogP contribution in [0.5, 0.6) is 0 Å². The van der Waals surface area contributed by atoms with Crippen molar-refractivity contribution in [1.29, 1.82) is 0 Å². The largest absolute Gasteiger partial charge is 0.327 e. The molecular formula is C10H14N2O2. The molecule has 2 heterocycles. The summed E-state index contributed by atoms with van der Waals surface area (Å²) in [7, 11) is 1.59. The summed E-state index contributed by atoms with van der Waals surface area (Å²) in [6, 6.07) is -0.200. The van der Waals surface area contributed by atoms with Crippen LogP contribution in [0, 0.1) is 11.8 Å². The maximum absolute atomic E-state index is 11.8. The summed E-state index contributed by atoms with van der Waals surface area (Å²) in [6.07, 6.45) is 3.55. The highest BCUT2D eigenvalue weighted by Crippen LogP contribution is 2.44. The van der Waals surface area contributed by atoms with Crippen molar-refractivity contribution in [3.63, 3.8) is 0 Å². The van der Waals surface area contributed by atoms with Gasteiger partial charge >= 0.3 is 6.03 Å². The van der Waals surface area contributed by atoms with Crippen molar-refractivity contribution >= 4 is 11.9 Å². The van der Waals surface area contributed by atoms with Crippen molar-refractivity contribution in [3.8, 4) is 0 Å². The lowest BCUT2D eigenvalue weighted by molar-refractivity contribution is -0.128. The van der Waals surface area contributed by atoms with Crippen molar-refractivity contribution in [3.05, 3.63) is 0 Å². The van der Waals surface area contributed by atoms with Crippen LogP contribution in [-0.4, -0.2) is 41.4 Å². The van der Waals surface area contributed by atoms with Crippen LogP contribution in [0.15, 0.2) is 0 Å². The number of fused-ring (bicyclic) bond motifs is 3. The number of rotatable bonds is 0. The van der Waals surface area contributed by atoms with Crippen LogP contribution in [0.2, 0.25) is 0 Å². The van der Waals surface area contributed by atoms with Gasteiger partial charge in [-0.15, -0.1) is 0 Å². The highest BCUT2D eigenvalue weighted by Gasteiger charge is 2.55. The van der Waals surface area contributed by atoms with Crippen LogP contribution in [0.3, 0.4) is 0 Å². The van der Waals surface area contributed by atoms with Gasteiger partial charge in [-0.1, -0.05) is 6.42 Å². The maximum atomic E-state index is 11.8. The van der Waals surface area contributed by atoms with E-state index in [-0.39, 0.29) is 18.0 Å². The zero-order chi connectivity index (χ0) is 9.87. The zero-order valence-electron chi connectivity index (χ0n) is 8.27. The molecule has 76 valence electrons. The molecule has 0 bridgehead atoms. The van der Waals surface area contributed by atoms with Crippen molar-refractivity contribution in [1.82, 2.24) is 9.80 Å². The Morgan fingerprint density at radius 2 is 2.07 bits per heavy atom. The molecule has 4 nitrogen and oxygen atoms in total. The first-order valence-corrected chi connectivity index (χ1v) is 5.28. The molecule has 0 radical (unpaired) electrons. The molecule has 3 fully saturated rings. The second kappa shape index (κ2) is 2.49. The van der Waals surface area contributed by atoms with Crippen LogP contribution in [-0.2, 0) is 4.79 Å². The fraction of sp³-hybridized carbons (Fsp3) is 0.800. The molecule has 4 heteroatoms. The first kappa shape index (κ1) is 8.26. The molecule has 3 aliphatic rings. The van der Waals surface area contributed by atoms with Crippen molar-refractivity contribution < 1.29 is 9.59 Å². The third-order valence-electron chi connectivity index (χ3n) is 4.01. The Morgan fingerprint density at radius 3 is 2.86 bits per heavy atom. The molecule has 0 aromatic rings. The van der Waals surface area contributed by atoms with E-state index in [1.807, 2.05) is 0 Å². The fourth-order valence-electron chi connectivity index (χ4n) is 3.30. The molecule has 1 saturated carbocycles. The number of carbonyl (C=O) groups is 2. The summed E-state index contributed by atoms with van der Waals surface area (Å²) in [5, 5.41) is 0. The maximum Gasteiger partial charge on any atom is 0.327 e. The molecule has 2 aliphatic heterocycles. The lowest BCUT2D eigenvalue weighted by Gasteiger charge is -2.14. The molecule has 3 atom stereocenters. The average Bonchev–Trinajstić information content (AvgIpc) is 2.76. The predicted molar refractivity (Wildman–Crippen MR) is 49.5 cm³/mol. The van der Waals surface area contributed by atoms with E-state index in [1.165, 1.54) is 17.7 Å². The van der Waals surface area contributed by atoms with E-state index in [0.717, 1.165) is 13.0 Å². The summed E-state index contributed by atoms with van der Waals surface area (Å²) < 4.78 is 0. The molecule has 3 amide bonds. The highest BCUT2D eigenvalue weighted by molar-refractivity contribution is 6.04. The van der Waals surface area contributed by atoms with E-state index in [2.05, 4.69) is 0 Å². The van der Waals surface area contributed by atoms with Gasteiger partial charge in [0, 0.05) is 13.6 Å². The van der Waals surface area contributed by atoms with E-state index in [9.17, 15) is 9.59 Å². The number of hydrogen-bond acceptors (Lipinski definition) is 2. The fourth-order valence-corrected chi connectivity index (χ4v) is 3.30. The predicted octanol–water partition coefficient (Wildman–Crippen LogP) is 0.679. The minimum Gasteiger partial charge on any atom is -0.312 e. The van der Waals surface area contributed by atoms with E-state index < -0.39 is 0 Å². The molecule has 1 aliphatic carbocycles. The number of imide groups is 1. The Hall–Kier alpha value is -1.06. The molecule has 0 aromatic carbocycles. The van der Waals surface area contributed by atoms with Gasteiger partial charge in [0.15, 0.2) is 0 Å². The number of carbonyl (C=O) groups excluding carboxylic acids is 2. The van der Waals surface area contributed by atoms with Gasteiger partial charge in [-0.25, -0.2) is 4.79 Å².